The Balaban J connectivity index is 2.30. The van der Waals surface area contributed by atoms with Crippen LogP contribution in [0.2, 0.25) is 0 Å². The Labute approximate surface area is 94.0 Å². The second kappa shape index (κ2) is 6.46. The average molecular weight is 214 g/mol. The first kappa shape index (κ1) is 12.9. The zero-order chi connectivity index (χ0) is 11.3. The summed E-state index contributed by atoms with van der Waals surface area (Å²) >= 11 is 0. The van der Waals surface area contributed by atoms with Crippen molar-refractivity contribution in [2.75, 3.05) is 26.7 Å². The summed E-state index contributed by atoms with van der Waals surface area (Å²) in [5, 5.41) is 0. The molecule has 0 amide bonds. The largest absolute Gasteiger partial charge is 0.380 e. The molecule has 1 saturated heterocycles. The highest BCUT2D eigenvalue weighted by Gasteiger charge is 2.26. The highest BCUT2D eigenvalue weighted by atomic mass is 16.5. The van der Waals surface area contributed by atoms with Gasteiger partial charge in [-0.2, -0.15) is 0 Å². The summed E-state index contributed by atoms with van der Waals surface area (Å²) in [5.74, 6) is 0.770. The first-order valence-corrected chi connectivity index (χ1v) is 6.16. The molecule has 0 aliphatic carbocycles. The normalized spacial score (nSPS) is 25.0. The smallest absolute Gasteiger partial charge is 0.0705 e. The molecule has 2 atom stereocenters. The van der Waals surface area contributed by atoms with Crippen LogP contribution in [-0.2, 0) is 4.74 Å². The van der Waals surface area contributed by atoms with Gasteiger partial charge in [0.25, 0.3) is 0 Å². The van der Waals surface area contributed by atoms with Gasteiger partial charge in [0, 0.05) is 26.2 Å². The molecule has 2 N–H and O–H groups in total. The monoisotopic (exact) mass is 214 g/mol. The van der Waals surface area contributed by atoms with Crippen LogP contribution in [0.4, 0.5) is 0 Å². The molecule has 1 heterocycles. The van der Waals surface area contributed by atoms with Gasteiger partial charge < -0.3 is 15.4 Å². The number of hydrogen-bond donors (Lipinski definition) is 1. The van der Waals surface area contributed by atoms with Crippen molar-refractivity contribution in [3.05, 3.63) is 0 Å². The number of methoxy groups -OCH3 is 1. The number of ether oxygens (including phenoxy) is 1. The van der Waals surface area contributed by atoms with Gasteiger partial charge in [-0.25, -0.2) is 0 Å². The Morgan fingerprint density at radius 1 is 1.47 bits per heavy atom. The summed E-state index contributed by atoms with van der Waals surface area (Å²) in [5.41, 5.74) is 5.62. The molecule has 0 aromatic carbocycles. The predicted molar refractivity (Wildman–Crippen MR) is 63.9 cm³/mol. The van der Waals surface area contributed by atoms with Crippen LogP contribution < -0.4 is 5.73 Å². The zero-order valence-electron chi connectivity index (χ0n) is 10.4. The fourth-order valence-corrected chi connectivity index (χ4v) is 2.53. The van der Waals surface area contributed by atoms with Gasteiger partial charge in [-0.3, -0.25) is 0 Å². The molecule has 1 fully saturated rings. The molecule has 1 aliphatic rings. The van der Waals surface area contributed by atoms with Crippen LogP contribution in [0.25, 0.3) is 0 Å². The molecule has 0 aromatic heterocycles. The Bertz CT molecular complexity index is 169. The zero-order valence-corrected chi connectivity index (χ0v) is 10.4. The highest BCUT2D eigenvalue weighted by Crippen LogP contribution is 2.23. The molecule has 2 unspecified atom stereocenters. The molecule has 15 heavy (non-hydrogen) atoms. The third kappa shape index (κ3) is 3.74. The minimum Gasteiger partial charge on any atom is -0.380 e. The molecule has 0 aromatic rings. The fourth-order valence-electron chi connectivity index (χ4n) is 2.53. The minimum absolute atomic E-state index is 0.235. The Morgan fingerprint density at radius 3 is 2.73 bits per heavy atom. The van der Waals surface area contributed by atoms with E-state index in [0.29, 0.717) is 6.54 Å². The lowest BCUT2D eigenvalue weighted by Gasteiger charge is -2.28. The molecule has 1 rings (SSSR count). The average Bonchev–Trinajstić information content (AvgIpc) is 2.67. The van der Waals surface area contributed by atoms with E-state index in [1.165, 1.54) is 19.4 Å². The molecular formula is C12H26N2O. The van der Waals surface area contributed by atoms with Gasteiger partial charge >= 0.3 is 0 Å². The van der Waals surface area contributed by atoms with E-state index in [-0.39, 0.29) is 6.10 Å². The lowest BCUT2D eigenvalue weighted by Crippen LogP contribution is -2.36. The number of nitrogens with two attached hydrogens (primary N) is 1. The van der Waals surface area contributed by atoms with Crippen LogP contribution in [0.1, 0.15) is 33.1 Å². The maximum Gasteiger partial charge on any atom is 0.0705 e. The van der Waals surface area contributed by atoms with Crippen molar-refractivity contribution in [1.29, 1.82) is 0 Å². The molecular weight excluding hydrogens is 188 g/mol. The SMILES string of the molecule is COC(CN)CCN1CCCC1C(C)C. The van der Waals surface area contributed by atoms with Crippen molar-refractivity contribution in [3.8, 4) is 0 Å². The molecule has 1 aliphatic heterocycles. The summed E-state index contributed by atoms with van der Waals surface area (Å²) in [7, 11) is 1.75. The van der Waals surface area contributed by atoms with Gasteiger partial charge in [0.15, 0.2) is 0 Å². The lowest BCUT2D eigenvalue weighted by atomic mass is 10.0. The van der Waals surface area contributed by atoms with Crippen LogP contribution >= 0.6 is 0 Å². The van der Waals surface area contributed by atoms with E-state index in [0.717, 1.165) is 24.9 Å². The standard InChI is InChI=1S/C12H26N2O/c1-10(2)12-5-4-7-14(12)8-6-11(9-13)15-3/h10-12H,4-9,13H2,1-3H3. The summed E-state index contributed by atoms with van der Waals surface area (Å²) in [4.78, 5) is 2.60. The van der Waals surface area contributed by atoms with Crippen molar-refractivity contribution >= 4 is 0 Å². The van der Waals surface area contributed by atoms with Crippen molar-refractivity contribution < 1.29 is 4.74 Å². The summed E-state index contributed by atoms with van der Waals surface area (Å²) < 4.78 is 5.30. The lowest BCUT2D eigenvalue weighted by molar-refractivity contribution is 0.0839. The number of hydrogen-bond acceptors (Lipinski definition) is 3. The molecule has 0 saturated carbocycles. The third-order valence-electron chi connectivity index (χ3n) is 3.52. The van der Waals surface area contributed by atoms with Gasteiger partial charge in [0.1, 0.15) is 0 Å². The fraction of sp³-hybridized carbons (Fsp3) is 1.00. The quantitative estimate of drug-likeness (QED) is 0.727. The third-order valence-corrected chi connectivity index (χ3v) is 3.52. The van der Waals surface area contributed by atoms with Gasteiger partial charge in [-0.05, 0) is 31.7 Å². The van der Waals surface area contributed by atoms with Crippen LogP contribution in [0.3, 0.4) is 0 Å². The first-order valence-electron chi connectivity index (χ1n) is 6.16. The van der Waals surface area contributed by atoms with E-state index in [9.17, 15) is 0 Å². The summed E-state index contributed by atoms with van der Waals surface area (Å²) in [6.45, 7) is 7.67. The van der Waals surface area contributed by atoms with E-state index >= 15 is 0 Å². The maximum atomic E-state index is 5.62. The molecule has 0 bridgehead atoms. The number of rotatable bonds is 6. The van der Waals surface area contributed by atoms with Crippen LogP contribution in [0, 0.1) is 5.92 Å². The van der Waals surface area contributed by atoms with Gasteiger partial charge in [-0.15, -0.1) is 0 Å². The first-order chi connectivity index (χ1) is 7.19. The van der Waals surface area contributed by atoms with E-state index in [1.54, 1.807) is 7.11 Å². The van der Waals surface area contributed by atoms with Gasteiger partial charge in [0.05, 0.1) is 6.10 Å². The second-order valence-corrected chi connectivity index (χ2v) is 4.87. The summed E-state index contributed by atoms with van der Waals surface area (Å²) in [6, 6.07) is 0.778. The maximum absolute atomic E-state index is 5.62. The second-order valence-electron chi connectivity index (χ2n) is 4.87. The Morgan fingerprint density at radius 2 is 2.20 bits per heavy atom. The molecule has 0 spiro atoms. The molecule has 90 valence electrons. The van der Waals surface area contributed by atoms with Crippen molar-refractivity contribution in [1.82, 2.24) is 4.90 Å². The van der Waals surface area contributed by atoms with E-state index < -0.39 is 0 Å². The molecule has 3 heteroatoms. The van der Waals surface area contributed by atoms with Crippen molar-refractivity contribution in [2.45, 2.75) is 45.3 Å². The Hall–Kier alpha value is -0.120. The number of likely N-dealkylation sites (tertiary alicyclic amines) is 1. The topological polar surface area (TPSA) is 38.5 Å². The van der Waals surface area contributed by atoms with Crippen LogP contribution in [-0.4, -0.2) is 43.8 Å². The van der Waals surface area contributed by atoms with Crippen LogP contribution in [0.5, 0.6) is 0 Å². The highest BCUT2D eigenvalue weighted by molar-refractivity contribution is 4.81. The molecule has 3 nitrogen and oxygen atoms in total. The predicted octanol–water partition coefficient (Wildman–Crippen LogP) is 1.47. The van der Waals surface area contributed by atoms with Gasteiger partial charge in [0.2, 0.25) is 0 Å². The molecule has 0 radical (unpaired) electrons. The summed E-state index contributed by atoms with van der Waals surface area (Å²) in [6.07, 6.45) is 4.01. The van der Waals surface area contributed by atoms with Crippen molar-refractivity contribution in [2.24, 2.45) is 11.7 Å². The van der Waals surface area contributed by atoms with Crippen molar-refractivity contribution in [3.63, 3.8) is 0 Å². The minimum atomic E-state index is 0.235. The van der Waals surface area contributed by atoms with E-state index in [2.05, 4.69) is 18.7 Å². The van der Waals surface area contributed by atoms with E-state index in [4.69, 9.17) is 10.5 Å². The van der Waals surface area contributed by atoms with E-state index in [1.807, 2.05) is 0 Å². The van der Waals surface area contributed by atoms with Crippen LogP contribution in [0.15, 0.2) is 0 Å². The van der Waals surface area contributed by atoms with Gasteiger partial charge in [-0.1, -0.05) is 13.8 Å². The Kier molecular flexibility index (Phi) is 5.58. The number of nitrogens with zero attached hydrogens (tertiary/aromatic N) is 1.